The average Bonchev–Trinajstić information content (AvgIpc) is 3.26. The molecule has 0 aromatic carbocycles. The third kappa shape index (κ3) is 3.73. The van der Waals surface area contributed by atoms with Crippen molar-refractivity contribution in [3.8, 4) is 5.82 Å². The van der Waals surface area contributed by atoms with Crippen LogP contribution >= 0.6 is 0 Å². The molecule has 0 fully saturated rings. The first-order chi connectivity index (χ1) is 11.8. The van der Waals surface area contributed by atoms with Gasteiger partial charge in [-0.25, -0.2) is 9.97 Å². The molecule has 1 amide bonds. The molecule has 3 aromatic heterocycles. The summed E-state index contributed by atoms with van der Waals surface area (Å²) in [5, 5.41) is 6.81. The third-order valence-electron chi connectivity index (χ3n) is 3.61. The molecule has 8 nitrogen and oxygen atoms in total. The number of hydrogen-bond acceptors (Lipinski definition) is 6. The fourth-order valence-corrected chi connectivity index (χ4v) is 2.13. The molecule has 130 valence electrons. The minimum atomic E-state index is -0.399. The van der Waals surface area contributed by atoms with Crippen LogP contribution in [0.25, 0.3) is 5.82 Å². The van der Waals surface area contributed by atoms with Gasteiger partial charge in [0.15, 0.2) is 5.82 Å². The number of rotatable bonds is 4. The van der Waals surface area contributed by atoms with Gasteiger partial charge in [0.05, 0.1) is 5.56 Å². The Labute approximate surface area is 145 Å². The van der Waals surface area contributed by atoms with E-state index >= 15 is 0 Å². The molecule has 0 unspecified atom stereocenters. The van der Waals surface area contributed by atoms with Crippen molar-refractivity contribution >= 4 is 5.91 Å². The predicted octanol–water partition coefficient (Wildman–Crippen LogP) is 2.44. The lowest BCUT2D eigenvalue weighted by atomic mass is 9.96. The molecule has 1 atom stereocenters. The van der Waals surface area contributed by atoms with Crippen molar-refractivity contribution in [2.45, 2.75) is 39.2 Å². The molecular formula is C17H20N6O2. The number of carbonyl (C=O) groups excluding carboxylic acids is 1. The standard InChI is InChI=1S/C17H20N6O2/c1-11(15-21-16(22-25-15)17(2,3)4)20-14(24)12-5-6-13(19-9-12)23-8-7-18-10-23/h5-11H,1-4H3,(H,20,24)/t11-/m1/s1. The Morgan fingerprint density at radius 1 is 1.32 bits per heavy atom. The molecule has 0 spiro atoms. The van der Waals surface area contributed by atoms with Crippen LogP contribution in [-0.4, -0.2) is 30.6 Å². The second-order valence-corrected chi connectivity index (χ2v) is 6.78. The summed E-state index contributed by atoms with van der Waals surface area (Å²) in [6, 6.07) is 3.06. The molecular weight excluding hydrogens is 320 g/mol. The number of pyridine rings is 1. The zero-order valence-electron chi connectivity index (χ0n) is 14.6. The van der Waals surface area contributed by atoms with E-state index in [1.165, 1.54) is 6.20 Å². The maximum absolute atomic E-state index is 12.4. The SMILES string of the molecule is C[C@@H](NC(=O)c1ccc(-n2ccnc2)nc1)c1nc(C(C)(C)C)no1. The van der Waals surface area contributed by atoms with Gasteiger partial charge in [-0.1, -0.05) is 25.9 Å². The fourth-order valence-electron chi connectivity index (χ4n) is 2.13. The summed E-state index contributed by atoms with van der Waals surface area (Å²) in [4.78, 5) is 25.0. The highest BCUT2D eigenvalue weighted by Crippen LogP contribution is 2.20. The van der Waals surface area contributed by atoms with Crippen LogP contribution < -0.4 is 5.32 Å². The van der Waals surface area contributed by atoms with Crippen LogP contribution in [0.5, 0.6) is 0 Å². The van der Waals surface area contributed by atoms with Crippen LogP contribution in [0.2, 0.25) is 0 Å². The number of nitrogens with one attached hydrogen (secondary N) is 1. The van der Waals surface area contributed by atoms with E-state index in [0.29, 0.717) is 23.1 Å². The minimum Gasteiger partial charge on any atom is -0.340 e. The normalized spacial score (nSPS) is 12.8. The lowest BCUT2D eigenvalue weighted by molar-refractivity contribution is 0.0932. The molecule has 0 aliphatic heterocycles. The first-order valence-corrected chi connectivity index (χ1v) is 7.94. The number of imidazole rings is 1. The molecule has 1 N–H and O–H groups in total. The van der Waals surface area contributed by atoms with Gasteiger partial charge in [-0.05, 0) is 19.1 Å². The first-order valence-electron chi connectivity index (χ1n) is 7.94. The fraction of sp³-hybridized carbons (Fsp3) is 0.353. The Hall–Kier alpha value is -3.03. The lowest BCUT2D eigenvalue weighted by Gasteiger charge is -2.12. The smallest absolute Gasteiger partial charge is 0.253 e. The number of nitrogens with zero attached hydrogens (tertiary/aromatic N) is 5. The topological polar surface area (TPSA) is 98.7 Å². The average molecular weight is 340 g/mol. The summed E-state index contributed by atoms with van der Waals surface area (Å²) >= 11 is 0. The Balaban J connectivity index is 1.68. The predicted molar refractivity (Wildman–Crippen MR) is 90.2 cm³/mol. The van der Waals surface area contributed by atoms with E-state index in [9.17, 15) is 4.79 Å². The molecule has 8 heteroatoms. The van der Waals surface area contributed by atoms with E-state index in [2.05, 4.69) is 25.4 Å². The maximum Gasteiger partial charge on any atom is 0.253 e. The number of aromatic nitrogens is 5. The zero-order chi connectivity index (χ0) is 18.0. The van der Waals surface area contributed by atoms with E-state index in [4.69, 9.17) is 4.52 Å². The van der Waals surface area contributed by atoms with E-state index < -0.39 is 6.04 Å². The van der Waals surface area contributed by atoms with Gasteiger partial charge in [-0.3, -0.25) is 9.36 Å². The number of amides is 1. The van der Waals surface area contributed by atoms with Crippen molar-refractivity contribution in [3.05, 3.63) is 54.3 Å². The molecule has 0 aliphatic carbocycles. The second kappa shape index (κ2) is 6.46. The molecule has 0 radical (unpaired) electrons. The summed E-state index contributed by atoms with van der Waals surface area (Å²) < 4.78 is 7.02. The van der Waals surface area contributed by atoms with Gasteiger partial charge in [-0.2, -0.15) is 4.98 Å². The van der Waals surface area contributed by atoms with E-state index in [0.717, 1.165) is 0 Å². The Kier molecular flexibility index (Phi) is 4.35. The summed E-state index contributed by atoms with van der Waals surface area (Å²) in [5.74, 6) is 1.41. The van der Waals surface area contributed by atoms with Gasteiger partial charge in [0.2, 0.25) is 5.89 Å². The highest BCUT2D eigenvalue weighted by atomic mass is 16.5. The molecule has 0 saturated carbocycles. The van der Waals surface area contributed by atoms with Crippen molar-refractivity contribution in [3.63, 3.8) is 0 Å². The van der Waals surface area contributed by atoms with E-state index in [1.807, 2.05) is 20.8 Å². The van der Waals surface area contributed by atoms with E-state index in [-0.39, 0.29) is 11.3 Å². The Morgan fingerprint density at radius 2 is 2.12 bits per heavy atom. The Bertz CT molecular complexity index is 846. The number of hydrogen-bond donors (Lipinski definition) is 1. The van der Waals surface area contributed by atoms with E-state index in [1.54, 1.807) is 42.3 Å². The summed E-state index contributed by atoms with van der Waals surface area (Å²) in [6.45, 7) is 7.79. The van der Waals surface area contributed by atoms with Gasteiger partial charge in [0.25, 0.3) is 5.91 Å². The van der Waals surface area contributed by atoms with Gasteiger partial charge in [-0.15, -0.1) is 0 Å². The van der Waals surface area contributed by atoms with Crippen LogP contribution in [0, 0.1) is 0 Å². The van der Waals surface area contributed by atoms with Crippen LogP contribution in [0.1, 0.15) is 55.8 Å². The van der Waals surface area contributed by atoms with Crippen LogP contribution in [-0.2, 0) is 5.41 Å². The van der Waals surface area contributed by atoms with Gasteiger partial charge >= 0.3 is 0 Å². The second-order valence-electron chi connectivity index (χ2n) is 6.78. The molecule has 25 heavy (non-hydrogen) atoms. The summed E-state index contributed by atoms with van der Waals surface area (Å²) in [7, 11) is 0. The van der Waals surface area contributed by atoms with Crippen molar-refractivity contribution in [2.24, 2.45) is 0 Å². The van der Waals surface area contributed by atoms with Crippen molar-refractivity contribution in [1.29, 1.82) is 0 Å². The van der Waals surface area contributed by atoms with Crippen molar-refractivity contribution in [1.82, 2.24) is 30.0 Å². The van der Waals surface area contributed by atoms with Crippen LogP contribution in [0.15, 0.2) is 41.6 Å². The zero-order valence-corrected chi connectivity index (χ0v) is 14.6. The highest BCUT2D eigenvalue weighted by molar-refractivity contribution is 5.94. The highest BCUT2D eigenvalue weighted by Gasteiger charge is 2.24. The minimum absolute atomic E-state index is 0.210. The molecule has 0 bridgehead atoms. The van der Waals surface area contributed by atoms with Gasteiger partial charge < -0.3 is 9.84 Å². The monoisotopic (exact) mass is 340 g/mol. The molecule has 0 saturated heterocycles. The first kappa shape index (κ1) is 16.8. The number of carbonyl (C=O) groups is 1. The molecule has 3 aromatic rings. The van der Waals surface area contributed by atoms with Crippen LogP contribution in [0.4, 0.5) is 0 Å². The van der Waals surface area contributed by atoms with Crippen molar-refractivity contribution < 1.29 is 9.32 Å². The molecule has 0 aliphatic rings. The van der Waals surface area contributed by atoms with Crippen molar-refractivity contribution in [2.75, 3.05) is 0 Å². The van der Waals surface area contributed by atoms with Gasteiger partial charge in [0.1, 0.15) is 18.2 Å². The maximum atomic E-state index is 12.4. The quantitative estimate of drug-likeness (QED) is 0.783. The summed E-state index contributed by atoms with van der Waals surface area (Å²) in [6.07, 6.45) is 6.62. The largest absolute Gasteiger partial charge is 0.340 e. The Morgan fingerprint density at radius 3 is 2.68 bits per heavy atom. The molecule has 3 rings (SSSR count). The summed E-state index contributed by atoms with van der Waals surface area (Å²) in [5.41, 5.74) is 0.240. The lowest BCUT2D eigenvalue weighted by Crippen LogP contribution is -2.27. The van der Waals surface area contributed by atoms with Crippen LogP contribution in [0.3, 0.4) is 0 Å². The third-order valence-corrected chi connectivity index (χ3v) is 3.61. The van der Waals surface area contributed by atoms with Gasteiger partial charge in [0, 0.05) is 24.0 Å². The molecule has 3 heterocycles.